The van der Waals surface area contributed by atoms with E-state index in [-0.39, 0.29) is 24.2 Å². The fourth-order valence-corrected chi connectivity index (χ4v) is 2.28. The van der Waals surface area contributed by atoms with E-state index < -0.39 is 4.92 Å². The van der Waals surface area contributed by atoms with Gasteiger partial charge in [0.1, 0.15) is 0 Å². The van der Waals surface area contributed by atoms with Crippen LogP contribution in [0.5, 0.6) is 0 Å². The van der Waals surface area contributed by atoms with Gasteiger partial charge in [0.2, 0.25) is 5.91 Å². The highest BCUT2D eigenvalue weighted by molar-refractivity contribution is 5.76. The van der Waals surface area contributed by atoms with Gasteiger partial charge in [-0.1, -0.05) is 36.8 Å². The molecule has 122 valence electrons. The topological polar surface area (TPSA) is 90.1 Å². The van der Waals surface area contributed by atoms with Gasteiger partial charge in [0.25, 0.3) is 0 Å². The average molecular weight is 316 g/mol. The van der Waals surface area contributed by atoms with E-state index in [9.17, 15) is 14.9 Å². The van der Waals surface area contributed by atoms with E-state index >= 15 is 0 Å². The Kier molecular flexibility index (Phi) is 5.46. The number of carbonyl (C=O) groups excluding carboxylic acids is 1. The predicted octanol–water partition coefficient (Wildman–Crippen LogP) is 2.76. The third kappa shape index (κ3) is 4.64. The molecule has 0 saturated carbocycles. The molecule has 2 aromatic rings. The number of aryl methyl sites for hydroxylation is 2. The summed E-state index contributed by atoms with van der Waals surface area (Å²) >= 11 is 0. The Morgan fingerprint density at radius 1 is 1.35 bits per heavy atom. The number of hydrogen-bond acceptors (Lipinski definition) is 4. The van der Waals surface area contributed by atoms with Crippen LogP contribution in [-0.2, 0) is 11.3 Å². The first-order valence-electron chi connectivity index (χ1n) is 7.53. The van der Waals surface area contributed by atoms with E-state index in [2.05, 4.69) is 10.4 Å². The first-order valence-corrected chi connectivity index (χ1v) is 7.53. The number of aromatic nitrogens is 2. The fraction of sp³-hybridized carbons (Fsp3) is 0.375. The van der Waals surface area contributed by atoms with E-state index in [1.54, 1.807) is 0 Å². The minimum atomic E-state index is -0.554. The van der Waals surface area contributed by atoms with Crippen molar-refractivity contribution in [1.29, 1.82) is 0 Å². The number of nitrogens with one attached hydrogen (secondary N) is 1. The van der Waals surface area contributed by atoms with Crippen LogP contribution in [0, 0.1) is 17.0 Å². The molecule has 7 heteroatoms. The summed E-state index contributed by atoms with van der Waals surface area (Å²) in [5.74, 6) is -0.313. The number of carbonyl (C=O) groups is 1. The van der Waals surface area contributed by atoms with Gasteiger partial charge in [-0.25, -0.2) is 0 Å². The van der Waals surface area contributed by atoms with Gasteiger partial charge in [-0.15, -0.1) is 0 Å². The maximum absolute atomic E-state index is 12.1. The summed E-state index contributed by atoms with van der Waals surface area (Å²) in [6.07, 6.45) is 2.52. The van der Waals surface area contributed by atoms with Crippen LogP contribution < -0.4 is 5.32 Å². The summed E-state index contributed by atoms with van der Waals surface area (Å²) in [6, 6.07) is 9.36. The Morgan fingerprint density at radius 2 is 2.04 bits per heavy atom. The molecule has 1 unspecified atom stereocenters. The van der Waals surface area contributed by atoms with Gasteiger partial charge >= 0.3 is 5.82 Å². The summed E-state index contributed by atoms with van der Waals surface area (Å²) in [4.78, 5) is 22.1. The van der Waals surface area contributed by atoms with Crippen molar-refractivity contribution < 1.29 is 9.72 Å². The third-order valence-electron chi connectivity index (χ3n) is 3.60. The lowest BCUT2D eigenvalue weighted by atomic mass is 10.0. The lowest BCUT2D eigenvalue weighted by molar-refractivity contribution is -0.389. The lowest BCUT2D eigenvalue weighted by Gasteiger charge is -2.17. The molecule has 0 saturated heterocycles. The standard InChI is InChI=1S/C16H20N4O3/c1-3-14(13-6-4-12(2)5-7-13)17-16(21)9-11-19-10-8-15(18-19)20(22)23/h4-8,10,14H,3,9,11H2,1-2H3,(H,17,21). The van der Waals surface area contributed by atoms with Crippen LogP contribution >= 0.6 is 0 Å². The summed E-state index contributed by atoms with van der Waals surface area (Å²) in [5, 5.41) is 17.3. The zero-order chi connectivity index (χ0) is 16.8. The van der Waals surface area contributed by atoms with Crippen molar-refractivity contribution in [2.24, 2.45) is 0 Å². The molecular weight excluding hydrogens is 296 g/mol. The molecule has 2 rings (SSSR count). The highest BCUT2D eigenvalue weighted by Gasteiger charge is 2.15. The lowest BCUT2D eigenvalue weighted by Crippen LogP contribution is -2.28. The molecule has 0 fully saturated rings. The zero-order valence-corrected chi connectivity index (χ0v) is 13.2. The van der Waals surface area contributed by atoms with Gasteiger partial charge in [0, 0.05) is 6.42 Å². The van der Waals surface area contributed by atoms with Gasteiger partial charge in [0.05, 0.1) is 29.9 Å². The zero-order valence-electron chi connectivity index (χ0n) is 13.2. The summed E-state index contributed by atoms with van der Waals surface area (Å²) in [7, 11) is 0. The number of benzene rings is 1. The fourth-order valence-electron chi connectivity index (χ4n) is 2.28. The van der Waals surface area contributed by atoms with Crippen molar-refractivity contribution in [1.82, 2.24) is 15.1 Å². The molecule has 0 aliphatic heterocycles. The molecule has 0 radical (unpaired) electrons. The SMILES string of the molecule is CCC(NC(=O)CCn1ccc([N+](=O)[O-])n1)c1ccc(C)cc1. The van der Waals surface area contributed by atoms with Crippen LogP contribution in [0.4, 0.5) is 5.82 Å². The first-order chi connectivity index (χ1) is 11.0. The minimum Gasteiger partial charge on any atom is -0.358 e. The predicted molar refractivity (Wildman–Crippen MR) is 85.9 cm³/mol. The second kappa shape index (κ2) is 7.53. The highest BCUT2D eigenvalue weighted by Crippen LogP contribution is 2.17. The third-order valence-corrected chi connectivity index (χ3v) is 3.60. The van der Waals surface area contributed by atoms with Crippen LogP contribution in [0.1, 0.15) is 36.9 Å². The number of nitrogens with zero attached hydrogens (tertiary/aromatic N) is 3. The van der Waals surface area contributed by atoms with Crippen LogP contribution in [0.15, 0.2) is 36.5 Å². The molecule has 23 heavy (non-hydrogen) atoms. The molecule has 0 spiro atoms. The van der Waals surface area contributed by atoms with Crippen molar-refractivity contribution in [3.8, 4) is 0 Å². The van der Waals surface area contributed by atoms with Crippen LogP contribution in [0.2, 0.25) is 0 Å². The summed E-state index contributed by atoms with van der Waals surface area (Å²) in [5.41, 5.74) is 2.25. The van der Waals surface area contributed by atoms with Crippen molar-refractivity contribution in [3.63, 3.8) is 0 Å². The summed E-state index contributed by atoms with van der Waals surface area (Å²) < 4.78 is 1.41. The Bertz CT molecular complexity index is 679. The maximum Gasteiger partial charge on any atom is 0.389 e. The number of hydrogen-bond donors (Lipinski definition) is 1. The first kappa shape index (κ1) is 16.7. The van der Waals surface area contributed by atoms with Crippen LogP contribution in [-0.4, -0.2) is 20.6 Å². The van der Waals surface area contributed by atoms with E-state index in [0.29, 0.717) is 6.54 Å². The molecule has 1 N–H and O–H groups in total. The minimum absolute atomic E-state index is 0.0324. The smallest absolute Gasteiger partial charge is 0.358 e. The highest BCUT2D eigenvalue weighted by atomic mass is 16.6. The maximum atomic E-state index is 12.1. The Morgan fingerprint density at radius 3 is 2.61 bits per heavy atom. The molecule has 7 nitrogen and oxygen atoms in total. The van der Waals surface area contributed by atoms with Gasteiger partial charge in [-0.3, -0.25) is 4.79 Å². The molecular formula is C16H20N4O3. The van der Waals surface area contributed by atoms with E-state index in [0.717, 1.165) is 12.0 Å². The molecule has 0 aliphatic rings. The molecule has 1 aromatic carbocycles. The normalized spacial score (nSPS) is 11.9. The molecule has 0 bridgehead atoms. The number of amides is 1. The Balaban J connectivity index is 1.89. The van der Waals surface area contributed by atoms with Crippen molar-refractivity contribution in [3.05, 3.63) is 57.8 Å². The molecule has 1 aromatic heterocycles. The van der Waals surface area contributed by atoms with Gasteiger partial charge in [0.15, 0.2) is 0 Å². The molecule has 1 heterocycles. The second-order valence-electron chi connectivity index (χ2n) is 5.38. The quantitative estimate of drug-likeness (QED) is 0.628. The second-order valence-corrected chi connectivity index (χ2v) is 5.38. The van der Waals surface area contributed by atoms with E-state index in [1.165, 1.54) is 22.5 Å². The molecule has 0 aliphatic carbocycles. The van der Waals surface area contributed by atoms with Crippen LogP contribution in [0.3, 0.4) is 0 Å². The van der Waals surface area contributed by atoms with Crippen molar-refractivity contribution in [2.75, 3.05) is 0 Å². The van der Waals surface area contributed by atoms with Gasteiger partial charge < -0.3 is 15.4 Å². The van der Waals surface area contributed by atoms with E-state index in [4.69, 9.17) is 0 Å². The van der Waals surface area contributed by atoms with Crippen molar-refractivity contribution in [2.45, 2.75) is 39.3 Å². The Labute approximate surface area is 134 Å². The average Bonchev–Trinajstić information content (AvgIpc) is 3.01. The monoisotopic (exact) mass is 316 g/mol. The van der Waals surface area contributed by atoms with Gasteiger partial charge in [-0.05, 0) is 23.8 Å². The van der Waals surface area contributed by atoms with Gasteiger partial charge in [-0.2, -0.15) is 4.68 Å². The molecule has 1 atom stereocenters. The Hall–Kier alpha value is -2.70. The summed E-state index contributed by atoms with van der Waals surface area (Å²) in [6.45, 7) is 4.35. The van der Waals surface area contributed by atoms with E-state index in [1.807, 2.05) is 38.1 Å². The number of rotatable bonds is 7. The largest absolute Gasteiger partial charge is 0.389 e. The van der Waals surface area contributed by atoms with Crippen LogP contribution in [0.25, 0.3) is 0 Å². The molecule has 1 amide bonds. The van der Waals surface area contributed by atoms with Crippen molar-refractivity contribution >= 4 is 11.7 Å². The number of nitro groups is 1.